The molecule has 3 rings (SSSR count). The number of benzene rings is 1. The van der Waals surface area contributed by atoms with Gasteiger partial charge in [-0.3, -0.25) is 9.29 Å². The molecule has 0 amide bonds. The van der Waals surface area contributed by atoms with Crippen LogP contribution in [0.3, 0.4) is 0 Å². The van der Waals surface area contributed by atoms with Crippen LogP contribution >= 0.6 is 0 Å². The molecule has 0 aliphatic heterocycles. The summed E-state index contributed by atoms with van der Waals surface area (Å²) in [5.74, 6) is -0.144. The summed E-state index contributed by atoms with van der Waals surface area (Å²) in [4.78, 5) is 15.1. The lowest BCUT2D eigenvalue weighted by molar-refractivity contribution is -0.141. The minimum Gasteiger partial charge on any atom is -0.290 e. The molecule has 25 heavy (non-hydrogen) atoms. The van der Waals surface area contributed by atoms with E-state index in [0.717, 1.165) is 25.1 Å². The van der Waals surface area contributed by atoms with E-state index in [-0.39, 0.29) is 16.6 Å². The monoisotopic (exact) mass is 373 g/mol. The molecule has 0 bridgehead atoms. The van der Waals surface area contributed by atoms with Crippen molar-refractivity contribution in [3.8, 4) is 0 Å². The van der Waals surface area contributed by atoms with E-state index in [9.17, 15) is 26.4 Å². The van der Waals surface area contributed by atoms with Gasteiger partial charge in [-0.15, -0.1) is 0 Å². The summed E-state index contributed by atoms with van der Waals surface area (Å²) >= 11 is 0. The first-order chi connectivity index (χ1) is 11.7. The summed E-state index contributed by atoms with van der Waals surface area (Å²) in [7, 11) is -4.00. The Hall–Kier alpha value is -2.36. The van der Waals surface area contributed by atoms with Crippen LogP contribution in [-0.4, -0.2) is 24.1 Å². The number of anilines is 1. The van der Waals surface area contributed by atoms with Gasteiger partial charge in [-0.05, 0) is 36.5 Å². The topological polar surface area (TPSA) is 81.1 Å². The third-order valence-electron chi connectivity index (χ3n) is 3.69. The molecule has 1 aliphatic carbocycles. The van der Waals surface area contributed by atoms with Crippen molar-refractivity contribution in [1.29, 1.82) is 0 Å². The number of sulfonamides is 1. The van der Waals surface area contributed by atoms with Gasteiger partial charge >= 0.3 is 11.9 Å². The number of nitrogens with zero attached hydrogens (tertiary/aromatic N) is 2. The molecule has 0 radical (unpaired) electrons. The van der Waals surface area contributed by atoms with E-state index in [1.54, 1.807) is 18.2 Å². The largest absolute Gasteiger partial charge is 0.406 e. The third kappa shape index (κ3) is 4.19. The minimum absolute atomic E-state index is 0.0822. The summed E-state index contributed by atoms with van der Waals surface area (Å²) in [5, 5.41) is 0. The van der Waals surface area contributed by atoms with E-state index in [2.05, 4.69) is 9.71 Å². The summed E-state index contributed by atoms with van der Waals surface area (Å²) in [6.07, 6.45) is -1.92. The Morgan fingerprint density at radius 3 is 2.48 bits per heavy atom. The van der Waals surface area contributed by atoms with Crippen LogP contribution < -0.4 is 10.4 Å². The van der Waals surface area contributed by atoms with Crippen LogP contribution in [0.5, 0.6) is 0 Å². The van der Waals surface area contributed by atoms with Gasteiger partial charge in [0.25, 0.3) is 10.0 Å². The molecule has 1 N–H and O–H groups in total. The second-order valence-electron chi connectivity index (χ2n) is 5.76. The van der Waals surface area contributed by atoms with E-state index in [1.165, 1.54) is 6.07 Å². The zero-order valence-electron chi connectivity index (χ0n) is 12.8. The zero-order chi connectivity index (χ0) is 18.2. The van der Waals surface area contributed by atoms with Gasteiger partial charge in [-0.25, -0.2) is 13.2 Å². The first kappa shape index (κ1) is 17.5. The highest BCUT2D eigenvalue weighted by atomic mass is 32.2. The maximum atomic E-state index is 12.5. The van der Waals surface area contributed by atoms with E-state index < -0.39 is 28.4 Å². The Bertz CT molecular complexity index is 950. The van der Waals surface area contributed by atoms with Crippen molar-refractivity contribution in [2.75, 3.05) is 4.72 Å². The van der Waals surface area contributed by atoms with E-state index >= 15 is 0 Å². The molecule has 1 aromatic heterocycles. The molecule has 134 valence electrons. The predicted octanol–water partition coefficient (Wildman–Crippen LogP) is 2.48. The van der Waals surface area contributed by atoms with Gasteiger partial charge in [-0.1, -0.05) is 18.2 Å². The fourth-order valence-electron chi connectivity index (χ4n) is 2.45. The van der Waals surface area contributed by atoms with E-state index in [1.807, 2.05) is 0 Å². The number of halogens is 3. The summed E-state index contributed by atoms with van der Waals surface area (Å²) in [6.45, 7) is -1.49. The number of rotatable bonds is 5. The van der Waals surface area contributed by atoms with Gasteiger partial charge in [0, 0.05) is 6.20 Å². The van der Waals surface area contributed by atoms with Crippen LogP contribution in [0.4, 0.5) is 19.0 Å². The fourth-order valence-corrected chi connectivity index (χ4v) is 3.75. The minimum atomic E-state index is -4.57. The Kier molecular flexibility index (Phi) is 4.31. The highest BCUT2D eigenvalue weighted by Gasteiger charge is 2.31. The Morgan fingerprint density at radius 1 is 1.20 bits per heavy atom. The van der Waals surface area contributed by atoms with E-state index in [0.29, 0.717) is 10.1 Å². The number of aromatic nitrogens is 2. The molecule has 1 saturated carbocycles. The molecule has 0 spiro atoms. The quantitative estimate of drug-likeness (QED) is 0.873. The average molecular weight is 373 g/mol. The van der Waals surface area contributed by atoms with Crippen molar-refractivity contribution < 1.29 is 21.6 Å². The van der Waals surface area contributed by atoms with E-state index in [4.69, 9.17) is 0 Å². The van der Waals surface area contributed by atoms with Crippen LogP contribution in [0.1, 0.15) is 24.3 Å². The number of alkyl halides is 3. The molecule has 6 nitrogen and oxygen atoms in total. The standard InChI is InChI=1S/C15H14F3N3O3S/c16-15(17,18)9-21-8-7-13(19-14(21)22)20-25(23,24)12-4-2-1-3-11(12)10-5-6-10/h1-4,7-8,10H,5-6,9H2,(H,19,20,22). The second kappa shape index (κ2) is 6.17. The van der Waals surface area contributed by atoms with Crippen molar-refractivity contribution in [2.24, 2.45) is 0 Å². The number of nitrogens with one attached hydrogen (secondary N) is 1. The van der Waals surface area contributed by atoms with Gasteiger partial charge in [0.2, 0.25) is 0 Å². The van der Waals surface area contributed by atoms with Gasteiger partial charge in [0.15, 0.2) is 0 Å². The van der Waals surface area contributed by atoms with Crippen molar-refractivity contribution in [3.63, 3.8) is 0 Å². The Morgan fingerprint density at radius 2 is 1.88 bits per heavy atom. The lowest BCUT2D eigenvalue weighted by Gasteiger charge is -2.12. The highest BCUT2D eigenvalue weighted by Crippen LogP contribution is 2.42. The zero-order valence-corrected chi connectivity index (χ0v) is 13.6. The number of hydrogen-bond acceptors (Lipinski definition) is 4. The lowest BCUT2D eigenvalue weighted by Crippen LogP contribution is -2.30. The summed E-state index contributed by atoms with van der Waals surface area (Å²) in [6, 6.07) is 7.50. The van der Waals surface area contributed by atoms with Gasteiger partial charge in [0.05, 0.1) is 4.90 Å². The molecule has 1 heterocycles. The maximum absolute atomic E-state index is 12.5. The molecular formula is C15H14F3N3O3S. The third-order valence-corrected chi connectivity index (χ3v) is 5.12. The molecule has 0 atom stereocenters. The van der Waals surface area contributed by atoms with Gasteiger partial charge < -0.3 is 0 Å². The van der Waals surface area contributed by atoms with Crippen LogP contribution in [0.15, 0.2) is 46.2 Å². The second-order valence-corrected chi connectivity index (χ2v) is 7.41. The summed E-state index contributed by atoms with van der Waals surface area (Å²) < 4.78 is 64.6. The molecule has 1 aliphatic rings. The van der Waals surface area contributed by atoms with Crippen molar-refractivity contribution in [3.05, 3.63) is 52.6 Å². The predicted molar refractivity (Wildman–Crippen MR) is 83.8 cm³/mol. The molecule has 0 unspecified atom stereocenters. The molecule has 2 aromatic rings. The first-order valence-corrected chi connectivity index (χ1v) is 8.90. The Labute approximate surface area is 141 Å². The molecular weight excluding hydrogens is 359 g/mol. The average Bonchev–Trinajstić information content (AvgIpc) is 3.33. The maximum Gasteiger partial charge on any atom is 0.406 e. The SMILES string of the molecule is O=c1nc(NS(=O)(=O)c2ccccc2C2CC2)ccn1CC(F)(F)F. The van der Waals surface area contributed by atoms with Crippen molar-refractivity contribution in [1.82, 2.24) is 9.55 Å². The van der Waals surface area contributed by atoms with Crippen LogP contribution in [-0.2, 0) is 16.6 Å². The van der Waals surface area contributed by atoms with Crippen LogP contribution in [0.2, 0.25) is 0 Å². The smallest absolute Gasteiger partial charge is 0.290 e. The van der Waals surface area contributed by atoms with Crippen molar-refractivity contribution in [2.45, 2.75) is 36.4 Å². The van der Waals surface area contributed by atoms with Crippen molar-refractivity contribution >= 4 is 15.8 Å². The fraction of sp³-hybridized carbons (Fsp3) is 0.333. The molecule has 1 fully saturated rings. The molecule has 1 aromatic carbocycles. The number of hydrogen-bond donors (Lipinski definition) is 1. The van der Waals surface area contributed by atoms with Gasteiger partial charge in [0.1, 0.15) is 12.4 Å². The van der Waals surface area contributed by atoms with Crippen LogP contribution in [0, 0.1) is 0 Å². The van der Waals surface area contributed by atoms with Crippen LogP contribution in [0.25, 0.3) is 0 Å². The Balaban J connectivity index is 1.87. The highest BCUT2D eigenvalue weighted by molar-refractivity contribution is 7.92. The summed E-state index contributed by atoms with van der Waals surface area (Å²) in [5.41, 5.74) is -0.506. The van der Waals surface area contributed by atoms with Gasteiger partial charge in [-0.2, -0.15) is 18.2 Å². The normalized spacial score (nSPS) is 15.2. The molecule has 10 heteroatoms. The lowest BCUT2D eigenvalue weighted by atomic mass is 10.1. The molecule has 0 saturated heterocycles. The first-order valence-electron chi connectivity index (χ1n) is 7.42.